The molecule has 0 spiro atoms. The lowest BCUT2D eigenvalue weighted by molar-refractivity contribution is -0.131. The third kappa shape index (κ3) is 4.81. The molecule has 3 atom stereocenters. The van der Waals surface area contributed by atoms with Gasteiger partial charge in [0.25, 0.3) is 5.91 Å². The van der Waals surface area contributed by atoms with Crippen molar-refractivity contribution in [3.05, 3.63) is 30.3 Å². The minimum atomic E-state index is -0.629. The van der Waals surface area contributed by atoms with E-state index in [9.17, 15) is 4.79 Å². The lowest BCUT2D eigenvalue weighted by Crippen LogP contribution is -2.44. The second-order valence-electron chi connectivity index (χ2n) is 9.85. The van der Waals surface area contributed by atoms with Gasteiger partial charge in [0.1, 0.15) is 5.54 Å². The van der Waals surface area contributed by atoms with Gasteiger partial charge >= 0.3 is 0 Å². The maximum absolute atomic E-state index is 13.3. The summed E-state index contributed by atoms with van der Waals surface area (Å²) in [6.07, 6.45) is 14.2. The number of likely N-dealkylation sites (N-methyl/N-ethyl adjacent to an activating group) is 1. The molecule has 1 aliphatic heterocycles. The summed E-state index contributed by atoms with van der Waals surface area (Å²) < 4.78 is 0. The van der Waals surface area contributed by atoms with Crippen LogP contribution in [0.1, 0.15) is 77.0 Å². The molecule has 164 valence electrons. The van der Waals surface area contributed by atoms with E-state index in [4.69, 9.17) is 10.7 Å². The lowest BCUT2D eigenvalue weighted by Gasteiger charge is -2.36. The van der Waals surface area contributed by atoms with Crippen LogP contribution in [-0.2, 0) is 4.79 Å². The Hall–Kier alpha value is -2.04. The molecule has 3 aliphatic rings. The molecular formula is C25H38N4O. The molecule has 1 aromatic carbocycles. The van der Waals surface area contributed by atoms with Crippen LogP contribution in [0.3, 0.4) is 0 Å². The van der Waals surface area contributed by atoms with Crippen molar-refractivity contribution in [2.45, 2.75) is 88.6 Å². The number of nitrogens with zero attached hydrogens (tertiary/aromatic N) is 2. The van der Waals surface area contributed by atoms with Gasteiger partial charge in [-0.15, -0.1) is 0 Å². The van der Waals surface area contributed by atoms with E-state index in [0.717, 1.165) is 31.6 Å². The SMILES string of the molecule is CN1C(=O)[C@@](CCC2CCCCC2)(CC2CCC[C@@H](Nc3ccccc3)C2)N=C1N. The molecule has 5 nitrogen and oxygen atoms in total. The molecule has 5 heteroatoms. The number of rotatable bonds is 7. The highest BCUT2D eigenvalue weighted by molar-refractivity contribution is 6.06. The van der Waals surface area contributed by atoms with Crippen molar-refractivity contribution in [1.29, 1.82) is 0 Å². The summed E-state index contributed by atoms with van der Waals surface area (Å²) in [4.78, 5) is 19.7. The monoisotopic (exact) mass is 410 g/mol. The molecule has 1 aromatic rings. The number of hydrogen-bond acceptors (Lipinski definition) is 4. The predicted molar refractivity (Wildman–Crippen MR) is 123 cm³/mol. The number of hydrogen-bond donors (Lipinski definition) is 2. The summed E-state index contributed by atoms with van der Waals surface area (Å²) in [6, 6.07) is 10.9. The Bertz CT molecular complexity index is 743. The highest BCUT2D eigenvalue weighted by Gasteiger charge is 2.47. The molecule has 3 N–H and O–H groups in total. The number of aliphatic imine (C=N–C) groups is 1. The quantitative estimate of drug-likeness (QED) is 0.669. The van der Waals surface area contributed by atoms with Crippen molar-refractivity contribution in [1.82, 2.24) is 4.90 Å². The Balaban J connectivity index is 1.42. The second kappa shape index (κ2) is 9.40. The number of para-hydroxylation sites is 1. The van der Waals surface area contributed by atoms with Crippen molar-refractivity contribution in [3.63, 3.8) is 0 Å². The fraction of sp³-hybridized carbons (Fsp3) is 0.680. The highest BCUT2D eigenvalue weighted by Crippen LogP contribution is 2.40. The van der Waals surface area contributed by atoms with Gasteiger partial charge in [0, 0.05) is 18.8 Å². The van der Waals surface area contributed by atoms with Crippen LogP contribution in [0, 0.1) is 11.8 Å². The van der Waals surface area contributed by atoms with Gasteiger partial charge in [-0.2, -0.15) is 0 Å². The van der Waals surface area contributed by atoms with Gasteiger partial charge in [-0.3, -0.25) is 9.69 Å². The number of nitrogens with two attached hydrogens (primary N) is 1. The Morgan fingerprint density at radius 3 is 2.50 bits per heavy atom. The zero-order valence-electron chi connectivity index (χ0n) is 18.5. The molecule has 0 bridgehead atoms. The van der Waals surface area contributed by atoms with E-state index in [0.29, 0.717) is 17.9 Å². The number of anilines is 1. The normalized spacial score (nSPS) is 30.4. The topological polar surface area (TPSA) is 70.7 Å². The van der Waals surface area contributed by atoms with Gasteiger partial charge in [-0.05, 0) is 56.1 Å². The largest absolute Gasteiger partial charge is 0.382 e. The molecule has 0 aromatic heterocycles. The van der Waals surface area contributed by atoms with Crippen molar-refractivity contribution in [3.8, 4) is 0 Å². The van der Waals surface area contributed by atoms with E-state index in [1.165, 1.54) is 57.1 Å². The van der Waals surface area contributed by atoms with Crippen molar-refractivity contribution in [2.24, 2.45) is 22.6 Å². The summed E-state index contributed by atoms with van der Waals surface area (Å²) in [5.74, 6) is 1.79. The number of nitrogens with one attached hydrogen (secondary N) is 1. The van der Waals surface area contributed by atoms with Crippen molar-refractivity contribution < 1.29 is 4.79 Å². The minimum Gasteiger partial charge on any atom is -0.382 e. The maximum Gasteiger partial charge on any atom is 0.257 e. The lowest BCUT2D eigenvalue weighted by atomic mass is 9.74. The predicted octanol–water partition coefficient (Wildman–Crippen LogP) is 4.93. The van der Waals surface area contributed by atoms with Gasteiger partial charge in [0.2, 0.25) is 0 Å². The van der Waals surface area contributed by atoms with E-state index < -0.39 is 5.54 Å². The standard InChI is InChI=1S/C25H38N4O/c1-29-23(30)25(28-24(29)26,16-15-19-9-4-2-5-10-19)18-20-11-8-14-22(17-20)27-21-12-6-3-7-13-21/h3,6-7,12-13,19-20,22,27H,2,4-5,8-11,14-18H2,1H3,(H2,26,28)/t20?,22-,25-/m1/s1. The Morgan fingerprint density at radius 1 is 1.07 bits per heavy atom. The van der Waals surface area contributed by atoms with Gasteiger partial charge in [-0.25, -0.2) is 4.99 Å². The first-order chi connectivity index (χ1) is 14.6. The van der Waals surface area contributed by atoms with Crippen LogP contribution in [0.4, 0.5) is 5.69 Å². The number of benzene rings is 1. The average Bonchev–Trinajstić information content (AvgIpc) is 2.98. The molecule has 2 aliphatic carbocycles. The fourth-order valence-electron chi connectivity index (χ4n) is 5.93. The van der Waals surface area contributed by atoms with Crippen molar-refractivity contribution in [2.75, 3.05) is 12.4 Å². The van der Waals surface area contributed by atoms with Crippen LogP contribution >= 0.6 is 0 Å². The zero-order valence-corrected chi connectivity index (χ0v) is 18.5. The number of guanidine groups is 1. The summed E-state index contributed by atoms with van der Waals surface area (Å²) in [5.41, 5.74) is 6.69. The van der Waals surface area contributed by atoms with Gasteiger partial charge in [0.15, 0.2) is 5.96 Å². The first-order valence-electron chi connectivity index (χ1n) is 12.0. The van der Waals surface area contributed by atoms with E-state index in [1.807, 2.05) is 0 Å². The van der Waals surface area contributed by atoms with Crippen LogP contribution < -0.4 is 11.1 Å². The average molecular weight is 411 g/mol. The summed E-state index contributed by atoms with van der Waals surface area (Å²) in [7, 11) is 1.78. The number of carbonyl (C=O) groups excluding carboxylic acids is 1. The Kier molecular flexibility index (Phi) is 6.64. The highest BCUT2D eigenvalue weighted by atomic mass is 16.2. The fourth-order valence-corrected chi connectivity index (χ4v) is 5.93. The minimum absolute atomic E-state index is 0.119. The molecule has 2 fully saturated rings. The van der Waals surface area contributed by atoms with Crippen LogP contribution in [0.25, 0.3) is 0 Å². The third-order valence-electron chi connectivity index (χ3n) is 7.62. The molecule has 1 unspecified atom stereocenters. The zero-order chi connectivity index (χ0) is 21.0. The number of carbonyl (C=O) groups is 1. The van der Waals surface area contributed by atoms with Crippen LogP contribution in [0.5, 0.6) is 0 Å². The first-order valence-corrected chi connectivity index (χ1v) is 12.0. The molecule has 4 rings (SSSR count). The third-order valence-corrected chi connectivity index (χ3v) is 7.62. The Labute approximate surface area is 181 Å². The first kappa shape index (κ1) is 21.2. The van der Waals surface area contributed by atoms with Crippen LogP contribution in [0.2, 0.25) is 0 Å². The Morgan fingerprint density at radius 2 is 1.80 bits per heavy atom. The van der Waals surface area contributed by atoms with Crippen LogP contribution in [-0.4, -0.2) is 35.4 Å². The molecule has 1 amide bonds. The second-order valence-corrected chi connectivity index (χ2v) is 9.85. The number of amides is 1. The van der Waals surface area contributed by atoms with Gasteiger partial charge in [-0.1, -0.05) is 63.1 Å². The molecule has 0 saturated heterocycles. The summed E-state index contributed by atoms with van der Waals surface area (Å²) in [5, 5.41) is 3.70. The molecule has 1 heterocycles. The maximum atomic E-state index is 13.3. The van der Waals surface area contributed by atoms with Crippen LogP contribution in [0.15, 0.2) is 35.3 Å². The van der Waals surface area contributed by atoms with Gasteiger partial charge < -0.3 is 11.1 Å². The van der Waals surface area contributed by atoms with Gasteiger partial charge in [0.05, 0.1) is 0 Å². The molecule has 30 heavy (non-hydrogen) atoms. The van der Waals surface area contributed by atoms with E-state index in [-0.39, 0.29) is 5.91 Å². The molecular weight excluding hydrogens is 372 g/mol. The van der Waals surface area contributed by atoms with E-state index in [1.54, 1.807) is 11.9 Å². The van der Waals surface area contributed by atoms with E-state index in [2.05, 4.69) is 35.6 Å². The van der Waals surface area contributed by atoms with Crippen molar-refractivity contribution >= 4 is 17.6 Å². The summed E-state index contributed by atoms with van der Waals surface area (Å²) in [6.45, 7) is 0. The molecule has 2 saturated carbocycles. The summed E-state index contributed by atoms with van der Waals surface area (Å²) >= 11 is 0. The van der Waals surface area contributed by atoms with E-state index >= 15 is 0 Å². The molecule has 0 radical (unpaired) electrons. The smallest absolute Gasteiger partial charge is 0.257 e.